The second-order valence-electron chi connectivity index (χ2n) is 8.06. The fourth-order valence-electron chi connectivity index (χ4n) is 5.21. The van der Waals surface area contributed by atoms with E-state index in [2.05, 4.69) is 0 Å². The molecule has 1 nitrogen and oxygen atoms in total. The van der Waals surface area contributed by atoms with Crippen molar-refractivity contribution in [3.8, 4) is 0 Å². The Bertz CT molecular complexity index is 281. The van der Waals surface area contributed by atoms with Crippen LogP contribution in [0.5, 0.6) is 0 Å². The van der Waals surface area contributed by atoms with Gasteiger partial charge in [-0.3, -0.25) is 0 Å². The Hall–Kier alpha value is 0.618. The quantitative estimate of drug-likeness (QED) is 0.516. The van der Waals surface area contributed by atoms with Crippen LogP contribution in [-0.4, -0.2) is 18.8 Å². The molecule has 0 unspecified atom stereocenters. The van der Waals surface area contributed by atoms with Crippen LogP contribution in [0.2, 0.25) is 13.1 Å². The topological polar surface area (TPSA) is 17.1 Å². The third-order valence-corrected chi connectivity index (χ3v) is 16.3. The summed E-state index contributed by atoms with van der Waals surface area (Å²) in [5.74, 6) is 2.59. The van der Waals surface area contributed by atoms with E-state index in [9.17, 15) is 3.02 Å². The van der Waals surface area contributed by atoms with Gasteiger partial charge >= 0.3 is 130 Å². The summed E-state index contributed by atoms with van der Waals surface area (Å²) in [6.07, 6.45) is 16.9. The van der Waals surface area contributed by atoms with E-state index in [0.29, 0.717) is 0 Å². The van der Waals surface area contributed by atoms with Crippen LogP contribution in [0.1, 0.15) is 77.0 Å². The zero-order valence-corrected chi connectivity index (χ0v) is 15.7. The molecule has 2 heteroatoms. The minimum absolute atomic E-state index is 0.862. The molecule has 3 rings (SSSR count). The molecule has 0 aromatic rings. The van der Waals surface area contributed by atoms with Crippen molar-refractivity contribution < 1.29 is 3.02 Å². The zero-order chi connectivity index (χ0) is 13.8. The van der Waals surface area contributed by atoms with Gasteiger partial charge in [0.2, 0.25) is 0 Å². The second-order valence-corrected chi connectivity index (χ2v) is 17.2. The van der Waals surface area contributed by atoms with Crippen molar-refractivity contribution in [2.75, 3.05) is 0 Å². The molecule has 0 N–H and O–H groups in total. The molecule has 3 aliphatic rings. The summed E-state index contributed by atoms with van der Waals surface area (Å²) in [4.78, 5) is 0. The molecule has 20 heavy (non-hydrogen) atoms. The summed E-state index contributed by atoms with van der Waals surface area (Å²) in [5.41, 5.74) is 0. The molecular weight excluding hydrogens is 354 g/mol. The van der Waals surface area contributed by atoms with Gasteiger partial charge in [0.05, 0.1) is 0 Å². The van der Waals surface area contributed by atoms with Crippen molar-refractivity contribution in [2.24, 2.45) is 17.8 Å². The summed E-state index contributed by atoms with van der Waals surface area (Å²) in [7, 11) is 0. The van der Waals surface area contributed by atoms with Crippen molar-refractivity contribution >= 4 is 18.8 Å². The fourth-order valence-corrected chi connectivity index (χ4v) is 17.7. The molecular formula is C18H33OSb. The van der Waals surface area contributed by atoms with Gasteiger partial charge in [0.25, 0.3) is 0 Å². The van der Waals surface area contributed by atoms with Crippen LogP contribution in [0.4, 0.5) is 0 Å². The molecule has 0 heterocycles. The average molecular weight is 387 g/mol. The van der Waals surface area contributed by atoms with Crippen LogP contribution < -0.4 is 0 Å². The van der Waals surface area contributed by atoms with Gasteiger partial charge in [-0.2, -0.15) is 0 Å². The molecule has 0 bridgehead atoms. The molecule has 3 fully saturated rings. The maximum atomic E-state index is 13.8. The molecule has 0 amide bonds. The first-order chi connectivity index (χ1) is 9.73. The van der Waals surface area contributed by atoms with Crippen LogP contribution in [0.25, 0.3) is 0 Å². The van der Waals surface area contributed by atoms with Crippen LogP contribution in [0, 0.1) is 17.8 Å². The Kier molecular flexibility index (Phi) is 5.63. The Balaban J connectivity index is 1.61. The van der Waals surface area contributed by atoms with E-state index < -0.39 is 18.8 Å². The van der Waals surface area contributed by atoms with E-state index in [4.69, 9.17) is 0 Å². The minimum atomic E-state index is -2.92. The Labute approximate surface area is 129 Å². The van der Waals surface area contributed by atoms with Gasteiger partial charge in [0.15, 0.2) is 0 Å². The van der Waals surface area contributed by atoms with Gasteiger partial charge in [0, 0.05) is 0 Å². The van der Waals surface area contributed by atoms with Crippen molar-refractivity contribution in [2.45, 2.75) is 90.2 Å². The summed E-state index contributed by atoms with van der Waals surface area (Å²) in [5, 5.41) is 0. The normalized spacial score (nSPS) is 26.8. The zero-order valence-electron chi connectivity index (χ0n) is 13.2. The molecule has 0 aliphatic heterocycles. The van der Waals surface area contributed by atoms with Crippen molar-refractivity contribution in [1.29, 1.82) is 0 Å². The van der Waals surface area contributed by atoms with Crippen LogP contribution >= 0.6 is 0 Å². The summed E-state index contributed by atoms with van der Waals surface area (Å²) >= 11 is -2.92. The predicted molar refractivity (Wildman–Crippen MR) is 86.7 cm³/mol. The van der Waals surface area contributed by atoms with Crippen molar-refractivity contribution in [3.63, 3.8) is 0 Å². The van der Waals surface area contributed by atoms with E-state index in [-0.39, 0.29) is 0 Å². The van der Waals surface area contributed by atoms with Crippen LogP contribution in [0.15, 0.2) is 0 Å². The molecule has 0 spiro atoms. The first-order valence-corrected chi connectivity index (χ1v) is 15.8. The van der Waals surface area contributed by atoms with Gasteiger partial charge in [-0.1, -0.05) is 0 Å². The van der Waals surface area contributed by atoms with Gasteiger partial charge in [-0.15, -0.1) is 0 Å². The number of rotatable bonds is 6. The van der Waals surface area contributed by atoms with Gasteiger partial charge < -0.3 is 0 Å². The molecule has 3 aliphatic carbocycles. The molecule has 0 saturated heterocycles. The molecule has 0 aromatic carbocycles. The predicted octanol–water partition coefficient (Wildman–Crippen LogP) is 5.93. The third kappa shape index (κ3) is 4.31. The van der Waals surface area contributed by atoms with E-state index in [1.54, 1.807) is 0 Å². The van der Waals surface area contributed by atoms with E-state index in [1.165, 1.54) is 90.2 Å². The Morgan fingerprint density at radius 3 is 1.05 bits per heavy atom. The number of hydrogen-bond donors (Lipinski definition) is 0. The maximum absolute atomic E-state index is 13.8. The van der Waals surface area contributed by atoms with E-state index in [1.807, 2.05) is 0 Å². The number of hydrogen-bond acceptors (Lipinski definition) is 1. The van der Waals surface area contributed by atoms with E-state index >= 15 is 0 Å². The summed E-state index contributed by atoms with van der Waals surface area (Å²) in [6.45, 7) is 0. The van der Waals surface area contributed by atoms with Gasteiger partial charge in [0.1, 0.15) is 0 Å². The summed E-state index contributed by atoms with van der Waals surface area (Å²) < 4.78 is 17.4. The SMILES string of the molecule is [O]=[Sb]([CH2]C1CCCC1)([CH2]C1CCCC1)[CH2]C1CCCC1. The van der Waals surface area contributed by atoms with Gasteiger partial charge in [-0.05, 0) is 0 Å². The first kappa shape index (κ1) is 15.5. The molecule has 116 valence electrons. The Morgan fingerprint density at radius 2 is 0.800 bits per heavy atom. The van der Waals surface area contributed by atoms with Gasteiger partial charge in [-0.25, -0.2) is 0 Å². The van der Waals surface area contributed by atoms with Crippen molar-refractivity contribution in [3.05, 3.63) is 0 Å². The Morgan fingerprint density at radius 1 is 0.550 bits per heavy atom. The molecule has 0 radical (unpaired) electrons. The van der Waals surface area contributed by atoms with Crippen molar-refractivity contribution in [1.82, 2.24) is 0 Å². The molecule has 0 atom stereocenters. The first-order valence-electron chi connectivity index (χ1n) is 9.31. The fraction of sp³-hybridized carbons (Fsp3) is 1.00. The molecule has 3 saturated carbocycles. The monoisotopic (exact) mass is 386 g/mol. The average Bonchev–Trinajstić information content (AvgIpc) is 3.11. The van der Waals surface area contributed by atoms with Crippen LogP contribution in [0.3, 0.4) is 0 Å². The standard InChI is InChI=1S/3C6H11.O.Sb/c3*1-6-4-2-3-5-6;;/h3*6H,1-5H2;;. The third-order valence-electron chi connectivity index (χ3n) is 6.20. The second kappa shape index (κ2) is 7.25. The summed E-state index contributed by atoms with van der Waals surface area (Å²) in [6, 6.07) is 0. The molecule has 0 aromatic heterocycles. The van der Waals surface area contributed by atoms with Crippen LogP contribution in [-0.2, 0) is 3.02 Å². The van der Waals surface area contributed by atoms with E-state index in [0.717, 1.165) is 17.8 Å².